The number of likely N-dealkylation sites (tertiary alicyclic amines) is 1. The van der Waals surface area contributed by atoms with Crippen LogP contribution in [0.1, 0.15) is 24.8 Å². The van der Waals surface area contributed by atoms with Gasteiger partial charge in [-0.3, -0.25) is 4.90 Å². The lowest BCUT2D eigenvalue weighted by Crippen LogP contribution is -2.38. The second-order valence-corrected chi connectivity index (χ2v) is 8.42. The number of sulfonamides is 1. The molecule has 106 valence electrons. The van der Waals surface area contributed by atoms with Gasteiger partial charge in [0.25, 0.3) is 0 Å². The number of hydrogen-bond donors (Lipinski definition) is 0. The Kier molecular flexibility index (Phi) is 3.93. The van der Waals surface area contributed by atoms with Crippen molar-refractivity contribution in [2.45, 2.75) is 31.1 Å². The SMILES string of the molecule is O=S(=O)([C@H]1CCN(Cc2ccsc2)C1)N1CCCC1. The highest BCUT2D eigenvalue weighted by atomic mass is 32.2. The van der Waals surface area contributed by atoms with Gasteiger partial charge >= 0.3 is 0 Å². The molecule has 0 N–H and O–H groups in total. The molecule has 3 rings (SSSR count). The van der Waals surface area contributed by atoms with E-state index in [1.807, 2.05) is 0 Å². The lowest BCUT2D eigenvalue weighted by Gasteiger charge is -2.21. The van der Waals surface area contributed by atoms with Crippen molar-refractivity contribution in [1.29, 1.82) is 0 Å². The normalized spacial score (nSPS) is 26.2. The number of thiophene rings is 1. The molecule has 4 nitrogen and oxygen atoms in total. The molecule has 0 aromatic carbocycles. The summed E-state index contributed by atoms with van der Waals surface area (Å²) in [6.07, 6.45) is 2.82. The minimum atomic E-state index is -3.06. The van der Waals surface area contributed by atoms with E-state index in [2.05, 4.69) is 21.7 Å². The highest BCUT2D eigenvalue weighted by Gasteiger charge is 2.37. The van der Waals surface area contributed by atoms with E-state index >= 15 is 0 Å². The summed E-state index contributed by atoms with van der Waals surface area (Å²) in [4.78, 5) is 2.26. The largest absolute Gasteiger partial charge is 0.298 e. The summed E-state index contributed by atoms with van der Waals surface area (Å²) in [5, 5.41) is 4.02. The van der Waals surface area contributed by atoms with Crippen LogP contribution in [-0.2, 0) is 16.6 Å². The number of hydrogen-bond acceptors (Lipinski definition) is 4. The molecule has 0 bridgehead atoms. The highest BCUT2D eigenvalue weighted by Crippen LogP contribution is 2.24. The van der Waals surface area contributed by atoms with E-state index in [4.69, 9.17) is 0 Å². The van der Waals surface area contributed by atoms with E-state index in [9.17, 15) is 8.42 Å². The Morgan fingerprint density at radius 2 is 2.05 bits per heavy atom. The van der Waals surface area contributed by atoms with Crippen LogP contribution in [0.4, 0.5) is 0 Å². The van der Waals surface area contributed by atoms with Gasteiger partial charge in [0.15, 0.2) is 0 Å². The lowest BCUT2D eigenvalue weighted by molar-refractivity contribution is 0.330. The van der Waals surface area contributed by atoms with Gasteiger partial charge in [-0.15, -0.1) is 0 Å². The Hall–Kier alpha value is -0.430. The van der Waals surface area contributed by atoms with Gasteiger partial charge in [0, 0.05) is 26.2 Å². The smallest absolute Gasteiger partial charge is 0.218 e. The van der Waals surface area contributed by atoms with Gasteiger partial charge in [0.1, 0.15) is 0 Å². The van der Waals surface area contributed by atoms with Crippen LogP contribution in [0.2, 0.25) is 0 Å². The van der Waals surface area contributed by atoms with Crippen LogP contribution in [0.3, 0.4) is 0 Å². The van der Waals surface area contributed by atoms with Crippen LogP contribution in [0.5, 0.6) is 0 Å². The molecule has 19 heavy (non-hydrogen) atoms. The fraction of sp³-hybridized carbons (Fsp3) is 0.692. The first-order valence-corrected chi connectivity index (χ1v) is 9.33. The summed E-state index contributed by atoms with van der Waals surface area (Å²) in [5.74, 6) is 0. The zero-order valence-electron chi connectivity index (χ0n) is 11.0. The number of rotatable bonds is 4. The average Bonchev–Trinajstić information content (AvgIpc) is 3.12. The van der Waals surface area contributed by atoms with Crippen molar-refractivity contribution in [3.8, 4) is 0 Å². The van der Waals surface area contributed by atoms with Crippen molar-refractivity contribution in [2.24, 2.45) is 0 Å². The zero-order valence-corrected chi connectivity index (χ0v) is 12.6. The molecular formula is C13H20N2O2S2. The second kappa shape index (κ2) is 5.52. The van der Waals surface area contributed by atoms with Gasteiger partial charge < -0.3 is 0 Å². The molecule has 0 aliphatic carbocycles. The van der Waals surface area contributed by atoms with Crippen LogP contribution in [0, 0.1) is 0 Å². The first kappa shape index (κ1) is 13.5. The molecule has 1 aromatic heterocycles. The molecule has 1 atom stereocenters. The highest BCUT2D eigenvalue weighted by molar-refractivity contribution is 7.89. The van der Waals surface area contributed by atoms with E-state index in [1.54, 1.807) is 15.6 Å². The van der Waals surface area contributed by atoms with Crippen LogP contribution in [-0.4, -0.2) is 49.1 Å². The summed E-state index contributed by atoms with van der Waals surface area (Å²) < 4.78 is 26.7. The molecule has 2 aliphatic rings. The molecule has 6 heteroatoms. The van der Waals surface area contributed by atoms with Gasteiger partial charge in [-0.05, 0) is 48.2 Å². The number of nitrogens with zero attached hydrogens (tertiary/aromatic N) is 2. The quantitative estimate of drug-likeness (QED) is 0.850. The first-order chi connectivity index (χ1) is 9.16. The summed E-state index contributed by atoms with van der Waals surface area (Å²) in [5.41, 5.74) is 1.30. The van der Waals surface area contributed by atoms with E-state index in [0.717, 1.165) is 45.4 Å². The van der Waals surface area contributed by atoms with Crippen molar-refractivity contribution in [1.82, 2.24) is 9.21 Å². The summed E-state index contributed by atoms with van der Waals surface area (Å²) >= 11 is 1.70. The lowest BCUT2D eigenvalue weighted by atomic mass is 10.3. The van der Waals surface area contributed by atoms with Crippen LogP contribution >= 0.6 is 11.3 Å². The minimum Gasteiger partial charge on any atom is -0.298 e. The van der Waals surface area contributed by atoms with Crippen molar-refractivity contribution in [2.75, 3.05) is 26.2 Å². The van der Waals surface area contributed by atoms with Crippen LogP contribution in [0.15, 0.2) is 16.8 Å². The molecule has 3 heterocycles. The molecule has 0 radical (unpaired) electrons. The topological polar surface area (TPSA) is 40.6 Å². The Morgan fingerprint density at radius 1 is 1.26 bits per heavy atom. The van der Waals surface area contributed by atoms with E-state index in [1.165, 1.54) is 5.56 Å². The van der Waals surface area contributed by atoms with Crippen molar-refractivity contribution in [3.63, 3.8) is 0 Å². The van der Waals surface area contributed by atoms with E-state index in [-0.39, 0.29) is 5.25 Å². The molecule has 2 aliphatic heterocycles. The predicted molar refractivity (Wildman–Crippen MR) is 77.7 cm³/mol. The molecule has 0 unspecified atom stereocenters. The first-order valence-electron chi connectivity index (χ1n) is 6.88. The third kappa shape index (κ3) is 2.86. The van der Waals surface area contributed by atoms with Crippen molar-refractivity contribution in [3.05, 3.63) is 22.4 Å². The standard InChI is InChI=1S/C13H20N2O2S2/c16-19(17,15-5-1-2-6-15)13-3-7-14(10-13)9-12-4-8-18-11-12/h4,8,11,13H,1-3,5-7,9-10H2/t13-/m0/s1. The van der Waals surface area contributed by atoms with Gasteiger partial charge in [0.05, 0.1) is 5.25 Å². The zero-order chi connectivity index (χ0) is 13.3. The molecule has 2 saturated heterocycles. The molecule has 1 aromatic rings. The average molecular weight is 300 g/mol. The van der Waals surface area contributed by atoms with Crippen molar-refractivity contribution >= 4 is 21.4 Å². The molecule has 0 saturated carbocycles. The summed E-state index contributed by atoms with van der Waals surface area (Å²) in [6.45, 7) is 3.92. The fourth-order valence-corrected chi connectivity index (χ4v) is 5.63. The Morgan fingerprint density at radius 3 is 2.74 bits per heavy atom. The molecular weight excluding hydrogens is 280 g/mol. The van der Waals surface area contributed by atoms with E-state index in [0.29, 0.717) is 6.54 Å². The van der Waals surface area contributed by atoms with Crippen LogP contribution in [0.25, 0.3) is 0 Å². The predicted octanol–water partition coefficient (Wildman–Crippen LogP) is 1.75. The molecule has 0 amide bonds. The Balaban J connectivity index is 1.62. The maximum Gasteiger partial charge on any atom is 0.218 e. The third-order valence-electron chi connectivity index (χ3n) is 4.06. The fourth-order valence-electron chi connectivity index (χ4n) is 2.98. The molecule has 2 fully saturated rings. The Bertz CT molecular complexity index is 507. The summed E-state index contributed by atoms with van der Waals surface area (Å²) in [7, 11) is -3.06. The Labute approximate surface area is 119 Å². The minimum absolute atomic E-state index is 0.191. The maximum atomic E-state index is 12.5. The maximum absolute atomic E-state index is 12.5. The van der Waals surface area contributed by atoms with Crippen molar-refractivity contribution < 1.29 is 8.42 Å². The van der Waals surface area contributed by atoms with Crippen LogP contribution < -0.4 is 0 Å². The monoisotopic (exact) mass is 300 g/mol. The van der Waals surface area contributed by atoms with Gasteiger partial charge in [-0.1, -0.05) is 0 Å². The van der Waals surface area contributed by atoms with Gasteiger partial charge in [-0.2, -0.15) is 11.3 Å². The van der Waals surface area contributed by atoms with Gasteiger partial charge in [-0.25, -0.2) is 12.7 Å². The van der Waals surface area contributed by atoms with Gasteiger partial charge in [0.2, 0.25) is 10.0 Å². The second-order valence-electron chi connectivity index (χ2n) is 5.43. The summed E-state index contributed by atoms with van der Waals surface area (Å²) in [6, 6.07) is 2.12. The molecule has 0 spiro atoms. The third-order valence-corrected chi connectivity index (χ3v) is 7.11. The van der Waals surface area contributed by atoms with E-state index < -0.39 is 10.0 Å².